The van der Waals surface area contributed by atoms with Crippen LogP contribution in [0.25, 0.3) is 0 Å². The van der Waals surface area contributed by atoms with Crippen LogP contribution >= 0.6 is 0 Å². The minimum Gasteiger partial charge on any atom is -0.465 e. The standard InChI is InChI=1S/C28H46O7Si/c1-9-32-26(30)28(27(31)33-10-2,15-11-12-16-36(6,7)8)22-18-24(29)35-25(22)34-23-17-20(5)13-14-21(23)19(3)4/h19-23,25H,9-10,13-18H2,1-8H3/t20-,21+,22-,23-,25-/m1/s1. The molecule has 204 valence electrons. The topological polar surface area (TPSA) is 88.1 Å². The Balaban J connectivity index is 2.50. The molecule has 1 heterocycles. The lowest BCUT2D eigenvalue weighted by molar-refractivity contribution is -0.216. The highest BCUT2D eigenvalue weighted by Gasteiger charge is 2.61. The van der Waals surface area contributed by atoms with E-state index < -0.39 is 43.6 Å². The summed E-state index contributed by atoms with van der Waals surface area (Å²) in [5.74, 6) is 4.56. The van der Waals surface area contributed by atoms with Crippen molar-refractivity contribution >= 4 is 26.0 Å². The average Bonchev–Trinajstić information content (AvgIpc) is 3.13. The molecule has 0 aromatic rings. The van der Waals surface area contributed by atoms with Gasteiger partial charge in [0.05, 0.1) is 39.7 Å². The number of esters is 3. The van der Waals surface area contributed by atoms with Gasteiger partial charge in [-0.15, -0.1) is 11.8 Å². The predicted molar refractivity (Wildman–Crippen MR) is 140 cm³/mol. The van der Waals surface area contributed by atoms with E-state index in [-0.39, 0.29) is 32.2 Å². The molecule has 1 saturated heterocycles. The summed E-state index contributed by atoms with van der Waals surface area (Å²) in [7, 11) is -1.46. The molecule has 36 heavy (non-hydrogen) atoms. The molecule has 2 aliphatic rings. The minimum absolute atomic E-state index is 0.0882. The first-order chi connectivity index (χ1) is 16.9. The number of cyclic esters (lactones) is 1. The molecule has 0 aromatic carbocycles. The Hall–Kier alpha value is -1.85. The fourth-order valence-electron chi connectivity index (χ4n) is 5.22. The lowest BCUT2D eigenvalue weighted by Crippen LogP contribution is -2.52. The van der Waals surface area contributed by atoms with E-state index in [4.69, 9.17) is 18.9 Å². The highest BCUT2D eigenvalue weighted by Crippen LogP contribution is 2.46. The molecule has 1 aliphatic heterocycles. The van der Waals surface area contributed by atoms with E-state index in [9.17, 15) is 14.4 Å². The average molecular weight is 523 g/mol. The summed E-state index contributed by atoms with van der Waals surface area (Å²) in [6.45, 7) is 16.7. The minimum atomic E-state index is -1.80. The summed E-state index contributed by atoms with van der Waals surface area (Å²) in [4.78, 5) is 39.7. The van der Waals surface area contributed by atoms with Crippen molar-refractivity contribution in [2.75, 3.05) is 13.2 Å². The summed E-state index contributed by atoms with van der Waals surface area (Å²) in [6, 6.07) is 0.727. The van der Waals surface area contributed by atoms with Gasteiger partial charge in [-0.05, 0) is 44.4 Å². The maximum atomic E-state index is 13.5. The van der Waals surface area contributed by atoms with Crippen molar-refractivity contribution in [2.24, 2.45) is 29.1 Å². The van der Waals surface area contributed by atoms with Gasteiger partial charge in [0.25, 0.3) is 0 Å². The Morgan fingerprint density at radius 1 is 1.08 bits per heavy atom. The molecule has 2 rings (SSSR count). The quantitative estimate of drug-likeness (QED) is 0.128. The van der Waals surface area contributed by atoms with Crippen LogP contribution in [-0.2, 0) is 33.3 Å². The summed E-state index contributed by atoms with van der Waals surface area (Å²) in [6.07, 6.45) is 1.58. The van der Waals surface area contributed by atoms with Gasteiger partial charge >= 0.3 is 17.9 Å². The molecule has 0 radical (unpaired) electrons. The molecule has 7 nitrogen and oxygen atoms in total. The molecule has 0 aromatic heterocycles. The number of hydrogen-bond acceptors (Lipinski definition) is 7. The highest BCUT2D eigenvalue weighted by molar-refractivity contribution is 6.76. The number of ether oxygens (including phenoxy) is 4. The summed E-state index contributed by atoms with van der Waals surface area (Å²) >= 11 is 0. The second-order valence-corrected chi connectivity index (χ2v) is 17.3. The molecule has 8 heteroatoms. The van der Waals surface area contributed by atoms with Gasteiger partial charge in [-0.2, -0.15) is 0 Å². The normalized spacial score (nSPS) is 26.7. The van der Waals surface area contributed by atoms with Crippen molar-refractivity contribution in [1.29, 1.82) is 0 Å². The lowest BCUT2D eigenvalue weighted by atomic mass is 9.71. The number of carbonyl (C=O) groups is 3. The van der Waals surface area contributed by atoms with E-state index in [2.05, 4.69) is 52.3 Å². The smallest absolute Gasteiger partial charge is 0.325 e. The summed E-state index contributed by atoms with van der Waals surface area (Å²) in [5.41, 5.74) is -1.80. The first kappa shape index (κ1) is 30.4. The lowest BCUT2D eigenvalue weighted by Gasteiger charge is -2.40. The van der Waals surface area contributed by atoms with Crippen LogP contribution in [0.5, 0.6) is 0 Å². The summed E-state index contributed by atoms with van der Waals surface area (Å²) < 4.78 is 23.0. The SMILES string of the molecule is CCOC(=O)C(CC#CC[Si](C)(C)C)(C(=O)OCC)[C@@H]1CC(=O)O[C@H]1O[C@@H]1C[C@H](C)CC[C@H]1C(C)C. The number of hydrogen-bond donors (Lipinski definition) is 0. The van der Waals surface area contributed by atoms with E-state index in [0.29, 0.717) is 17.8 Å². The first-order valence-corrected chi connectivity index (χ1v) is 17.2. The fourth-order valence-corrected chi connectivity index (χ4v) is 5.87. The molecule has 0 bridgehead atoms. The predicted octanol–water partition coefficient (Wildman–Crippen LogP) is 5.20. The fraction of sp³-hybridized carbons (Fsp3) is 0.821. The van der Waals surface area contributed by atoms with Crippen molar-refractivity contribution in [3.63, 3.8) is 0 Å². The maximum Gasteiger partial charge on any atom is 0.325 e. The van der Waals surface area contributed by atoms with Crippen molar-refractivity contribution in [3.8, 4) is 11.8 Å². The monoisotopic (exact) mass is 522 g/mol. The van der Waals surface area contributed by atoms with E-state index in [0.717, 1.165) is 25.3 Å². The number of carbonyl (C=O) groups excluding carboxylic acids is 3. The molecule has 2 fully saturated rings. The second-order valence-electron chi connectivity index (χ2n) is 11.8. The zero-order valence-electron chi connectivity index (χ0n) is 23.5. The van der Waals surface area contributed by atoms with Crippen LogP contribution in [0.1, 0.15) is 66.7 Å². The molecular formula is C28H46O7Si. The molecule has 0 N–H and O–H groups in total. The third-order valence-electron chi connectivity index (χ3n) is 7.26. The Labute approximate surface area is 218 Å². The van der Waals surface area contributed by atoms with Gasteiger partial charge in [0.1, 0.15) is 0 Å². The van der Waals surface area contributed by atoms with E-state index >= 15 is 0 Å². The molecular weight excluding hydrogens is 476 g/mol. The van der Waals surface area contributed by atoms with Crippen molar-refractivity contribution in [3.05, 3.63) is 0 Å². The third kappa shape index (κ3) is 7.58. The van der Waals surface area contributed by atoms with E-state index in [1.54, 1.807) is 13.8 Å². The van der Waals surface area contributed by atoms with Gasteiger partial charge in [-0.25, -0.2) is 0 Å². The Bertz CT molecular complexity index is 817. The molecule has 1 aliphatic carbocycles. The van der Waals surface area contributed by atoms with Crippen molar-refractivity contribution in [1.82, 2.24) is 0 Å². The maximum absolute atomic E-state index is 13.5. The van der Waals surface area contributed by atoms with E-state index in [1.165, 1.54) is 0 Å². The third-order valence-corrected chi connectivity index (χ3v) is 8.49. The van der Waals surface area contributed by atoms with E-state index in [1.807, 2.05) is 0 Å². The van der Waals surface area contributed by atoms with Crippen LogP contribution in [0, 0.1) is 40.9 Å². The van der Waals surface area contributed by atoms with Crippen LogP contribution in [0.4, 0.5) is 0 Å². The molecule has 5 atom stereocenters. The van der Waals surface area contributed by atoms with Crippen molar-refractivity contribution in [2.45, 2.75) is 105 Å². The zero-order chi connectivity index (χ0) is 27.1. The Morgan fingerprint density at radius 3 is 2.22 bits per heavy atom. The highest BCUT2D eigenvalue weighted by atomic mass is 28.3. The van der Waals surface area contributed by atoms with Crippen LogP contribution in [-0.4, -0.2) is 51.6 Å². The van der Waals surface area contributed by atoms with Crippen LogP contribution in [0.3, 0.4) is 0 Å². The Morgan fingerprint density at radius 2 is 1.69 bits per heavy atom. The van der Waals surface area contributed by atoms with Gasteiger partial charge < -0.3 is 18.9 Å². The largest absolute Gasteiger partial charge is 0.465 e. The summed E-state index contributed by atoms with van der Waals surface area (Å²) in [5, 5.41) is 0. The number of rotatable bonds is 10. The molecule has 0 spiro atoms. The van der Waals surface area contributed by atoms with Gasteiger partial charge in [0.2, 0.25) is 6.29 Å². The van der Waals surface area contributed by atoms with Gasteiger partial charge in [0, 0.05) is 12.5 Å². The second kappa shape index (κ2) is 13.1. The Kier molecular flexibility index (Phi) is 11.0. The zero-order valence-corrected chi connectivity index (χ0v) is 24.5. The molecule has 0 unspecified atom stereocenters. The van der Waals surface area contributed by atoms with Gasteiger partial charge in [0.15, 0.2) is 5.41 Å². The van der Waals surface area contributed by atoms with Gasteiger partial charge in [-0.3, -0.25) is 14.4 Å². The van der Waals surface area contributed by atoms with Gasteiger partial charge in [-0.1, -0.05) is 46.8 Å². The molecule has 0 amide bonds. The first-order valence-electron chi connectivity index (χ1n) is 13.5. The van der Waals surface area contributed by atoms with Crippen molar-refractivity contribution < 1.29 is 33.3 Å². The molecule has 1 saturated carbocycles. The van der Waals surface area contributed by atoms with Crippen LogP contribution < -0.4 is 0 Å². The van der Waals surface area contributed by atoms with Crippen LogP contribution in [0.15, 0.2) is 0 Å². The van der Waals surface area contributed by atoms with Crippen LogP contribution in [0.2, 0.25) is 25.7 Å².